The van der Waals surface area contributed by atoms with E-state index in [0.29, 0.717) is 13.0 Å². The van der Waals surface area contributed by atoms with Crippen LogP contribution in [-0.4, -0.2) is 36.1 Å². The quantitative estimate of drug-likeness (QED) is 0.319. The van der Waals surface area contributed by atoms with Gasteiger partial charge in [-0.2, -0.15) is 0 Å². The summed E-state index contributed by atoms with van der Waals surface area (Å²) in [6.07, 6.45) is 19.1. The molecule has 3 nitrogen and oxygen atoms in total. The van der Waals surface area contributed by atoms with Crippen LogP contribution in [-0.2, 0) is 4.74 Å². The molecule has 0 saturated heterocycles. The Morgan fingerprint density at radius 2 is 1.09 bits per heavy atom. The third-order valence-electron chi connectivity index (χ3n) is 4.45. The highest BCUT2D eigenvalue weighted by Crippen LogP contribution is 2.12. The summed E-state index contributed by atoms with van der Waals surface area (Å²) in [5.74, 6) is 0. The first kappa shape index (κ1) is 22.9. The van der Waals surface area contributed by atoms with Gasteiger partial charge in [0.2, 0.25) is 0 Å². The SMILES string of the molecule is CCCCCCCCCCCCCCCCOCC[C@H](O)CO. The number of hydrogen-bond donors (Lipinski definition) is 2. The van der Waals surface area contributed by atoms with E-state index in [4.69, 9.17) is 14.9 Å². The maximum Gasteiger partial charge on any atom is 0.0792 e. The molecule has 0 aromatic carbocycles. The van der Waals surface area contributed by atoms with E-state index >= 15 is 0 Å². The molecule has 0 radical (unpaired) electrons. The Morgan fingerprint density at radius 1 is 0.652 bits per heavy atom. The van der Waals surface area contributed by atoms with E-state index < -0.39 is 6.10 Å². The van der Waals surface area contributed by atoms with Crippen molar-refractivity contribution in [3.63, 3.8) is 0 Å². The minimum Gasteiger partial charge on any atom is -0.394 e. The summed E-state index contributed by atoms with van der Waals surface area (Å²) in [7, 11) is 0. The van der Waals surface area contributed by atoms with E-state index in [-0.39, 0.29) is 6.61 Å². The average Bonchev–Trinajstić information content (AvgIpc) is 2.57. The molecule has 0 aromatic rings. The van der Waals surface area contributed by atoms with Crippen LogP contribution < -0.4 is 0 Å². The molecule has 0 spiro atoms. The fourth-order valence-corrected chi connectivity index (χ4v) is 2.81. The molecular weight excluding hydrogens is 288 g/mol. The summed E-state index contributed by atoms with van der Waals surface area (Å²) >= 11 is 0. The number of unbranched alkanes of at least 4 members (excludes halogenated alkanes) is 13. The van der Waals surface area contributed by atoms with Crippen LogP contribution in [0, 0.1) is 0 Å². The van der Waals surface area contributed by atoms with E-state index in [9.17, 15) is 0 Å². The molecule has 0 amide bonds. The smallest absolute Gasteiger partial charge is 0.0792 e. The Kier molecular flexibility index (Phi) is 19.8. The molecule has 0 aliphatic rings. The maximum atomic E-state index is 9.15. The van der Waals surface area contributed by atoms with Gasteiger partial charge in [0, 0.05) is 13.2 Å². The van der Waals surface area contributed by atoms with Gasteiger partial charge in [0.15, 0.2) is 0 Å². The summed E-state index contributed by atoms with van der Waals surface area (Å²) in [5, 5.41) is 17.8. The van der Waals surface area contributed by atoms with Gasteiger partial charge in [-0.25, -0.2) is 0 Å². The van der Waals surface area contributed by atoms with Gasteiger partial charge < -0.3 is 14.9 Å². The first-order valence-electron chi connectivity index (χ1n) is 10.2. The van der Waals surface area contributed by atoms with Crippen molar-refractivity contribution in [3.8, 4) is 0 Å². The minimum atomic E-state index is -0.619. The summed E-state index contributed by atoms with van der Waals surface area (Å²) in [4.78, 5) is 0. The molecule has 0 unspecified atom stereocenters. The minimum absolute atomic E-state index is 0.164. The molecule has 1 atom stereocenters. The summed E-state index contributed by atoms with van der Waals surface area (Å²) in [5.41, 5.74) is 0. The molecule has 0 aliphatic carbocycles. The van der Waals surface area contributed by atoms with E-state index in [1.165, 1.54) is 83.5 Å². The van der Waals surface area contributed by atoms with Crippen molar-refractivity contribution >= 4 is 0 Å². The maximum absolute atomic E-state index is 9.15. The highest BCUT2D eigenvalue weighted by Gasteiger charge is 2.00. The lowest BCUT2D eigenvalue weighted by Gasteiger charge is -2.07. The Balaban J connectivity index is 2.97. The van der Waals surface area contributed by atoms with Gasteiger partial charge >= 0.3 is 0 Å². The normalized spacial score (nSPS) is 12.7. The third kappa shape index (κ3) is 19.8. The Morgan fingerprint density at radius 3 is 1.52 bits per heavy atom. The van der Waals surface area contributed by atoms with Crippen LogP contribution in [0.2, 0.25) is 0 Å². The molecule has 0 saturated carbocycles. The lowest BCUT2D eigenvalue weighted by Crippen LogP contribution is -2.14. The standard InChI is InChI=1S/C20H42O3/c1-2-3-4-5-6-7-8-9-10-11-12-13-14-15-17-23-18-16-20(22)19-21/h20-22H,2-19H2,1H3/t20-/m0/s1. The van der Waals surface area contributed by atoms with Crippen molar-refractivity contribution in [2.24, 2.45) is 0 Å². The zero-order chi connectivity index (χ0) is 17.0. The molecule has 2 N–H and O–H groups in total. The largest absolute Gasteiger partial charge is 0.394 e. The van der Waals surface area contributed by atoms with Crippen molar-refractivity contribution in [3.05, 3.63) is 0 Å². The Bertz CT molecular complexity index is 209. The second-order valence-corrected chi connectivity index (χ2v) is 6.83. The highest BCUT2D eigenvalue weighted by atomic mass is 16.5. The number of aliphatic hydroxyl groups excluding tert-OH is 2. The van der Waals surface area contributed by atoms with Crippen LogP contribution in [0.5, 0.6) is 0 Å². The lowest BCUT2D eigenvalue weighted by atomic mass is 10.0. The summed E-state index contributed by atoms with van der Waals surface area (Å²) < 4.78 is 5.44. The highest BCUT2D eigenvalue weighted by molar-refractivity contribution is 4.51. The van der Waals surface area contributed by atoms with Crippen LogP contribution >= 0.6 is 0 Å². The zero-order valence-corrected chi connectivity index (χ0v) is 15.6. The Hall–Kier alpha value is -0.120. The first-order chi connectivity index (χ1) is 11.3. The molecule has 0 aromatic heterocycles. The molecule has 0 fully saturated rings. The van der Waals surface area contributed by atoms with Gasteiger partial charge in [-0.1, -0.05) is 90.4 Å². The predicted molar refractivity (Wildman–Crippen MR) is 98.8 cm³/mol. The van der Waals surface area contributed by atoms with Crippen molar-refractivity contribution in [1.29, 1.82) is 0 Å². The lowest BCUT2D eigenvalue weighted by molar-refractivity contribution is 0.0475. The number of rotatable bonds is 19. The predicted octanol–water partition coefficient (Wildman–Crippen LogP) is 5.23. The Labute approximate surface area is 144 Å². The molecule has 0 heterocycles. The molecule has 140 valence electrons. The van der Waals surface area contributed by atoms with Crippen LogP contribution in [0.4, 0.5) is 0 Å². The van der Waals surface area contributed by atoms with E-state index in [1.54, 1.807) is 0 Å². The van der Waals surface area contributed by atoms with Gasteiger partial charge in [-0.3, -0.25) is 0 Å². The average molecular weight is 331 g/mol. The first-order valence-corrected chi connectivity index (χ1v) is 10.2. The van der Waals surface area contributed by atoms with Crippen molar-refractivity contribution in [2.75, 3.05) is 19.8 Å². The molecular formula is C20H42O3. The molecule has 23 heavy (non-hydrogen) atoms. The monoisotopic (exact) mass is 330 g/mol. The van der Waals surface area contributed by atoms with Crippen LogP contribution in [0.15, 0.2) is 0 Å². The second kappa shape index (κ2) is 19.9. The zero-order valence-electron chi connectivity index (χ0n) is 15.6. The van der Waals surface area contributed by atoms with E-state index in [2.05, 4.69) is 6.92 Å². The summed E-state index contributed by atoms with van der Waals surface area (Å²) in [6, 6.07) is 0. The van der Waals surface area contributed by atoms with Gasteiger partial charge in [0.05, 0.1) is 12.7 Å². The van der Waals surface area contributed by atoms with Gasteiger partial charge in [-0.15, -0.1) is 0 Å². The fraction of sp³-hybridized carbons (Fsp3) is 1.00. The third-order valence-corrected chi connectivity index (χ3v) is 4.45. The number of ether oxygens (including phenoxy) is 1. The van der Waals surface area contributed by atoms with Gasteiger partial charge in [-0.05, 0) is 12.8 Å². The molecule has 0 aliphatic heterocycles. The van der Waals surface area contributed by atoms with Crippen LogP contribution in [0.3, 0.4) is 0 Å². The molecule has 0 bridgehead atoms. The molecule has 0 rings (SSSR count). The second-order valence-electron chi connectivity index (χ2n) is 6.83. The summed E-state index contributed by atoms with van der Waals surface area (Å²) in [6.45, 7) is 3.45. The number of hydrogen-bond acceptors (Lipinski definition) is 3. The van der Waals surface area contributed by atoms with E-state index in [1.807, 2.05) is 0 Å². The van der Waals surface area contributed by atoms with Gasteiger partial charge in [0.25, 0.3) is 0 Å². The fourth-order valence-electron chi connectivity index (χ4n) is 2.81. The van der Waals surface area contributed by atoms with Crippen LogP contribution in [0.1, 0.15) is 103 Å². The topological polar surface area (TPSA) is 49.7 Å². The van der Waals surface area contributed by atoms with E-state index in [0.717, 1.165) is 13.0 Å². The van der Waals surface area contributed by atoms with Crippen LogP contribution in [0.25, 0.3) is 0 Å². The van der Waals surface area contributed by atoms with Crippen molar-refractivity contribution in [2.45, 2.75) is 109 Å². The number of aliphatic hydroxyl groups is 2. The van der Waals surface area contributed by atoms with Crippen molar-refractivity contribution in [1.82, 2.24) is 0 Å². The van der Waals surface area contributed by atoms with Crippen molar-refractivity contribution < 1.29 is 14.9 Å². The van der Waals surface area contributed by atoms with Gasteiger partial charge in [0.1, 0.15) is 0 Å². The molecule has 3 heteroatoms.